The standard InChI is InChI=1S/C35H58N2O10/c1-14-16-43-34(8)18-19(3)26(38)21(5)29-35(9,47-33(40)36-29)25(15-2)45-31(39)23(7)27(41-12)22(6)30(34)46-32-28(42-13)24(37(10)11)17-20(4)44-32/h1,19-25,27-30,32H,15-18H2,2-13H3,(H,36,40)/t19-,20-,21+,22+,23-,24+,25-,27+,28-,29-,30-,32+,34+,35-/m1/s1. The molecule has 3 saturated heterocycles. The van der Waals surface area contributed by atoms with E-state index in [1.165, 1.54) is 7.11 Å². The van der Waals surface area contributed by atoms with E-state index in [-0.39, 0.29) is 31.0 Å². The Balaban J connectivity index is 2.19. The molecule has 268 valence electrons. The summed E-state index contributed by atoms with van der Waals surface area (Å²) < 4.78 is 43.7. The second-order valence-corrected chi connectivity index (χ2v) is 14.3. The maximum absolute atomic E-state index is 14.2. The molecule has 0 aromatic rings. The van der Waals surface area contributed by atoms with E-state index in [0.29, 0.717) is 6.42 Å². The molecule has 3 fully saturated rings. The van der Waals surface area contributed by atoms with Crippen molar-refractivity contribution < 1.29 is 47.5 Å². The Bertz CT molecular complexity index is 1140. The van der Waals surface area contributed by atoms with Crippen molar-refractivity contribution in [3.63, 3.8) is 0 Å². The van der Waals surface area contributed by atoms with Gasteiger partial charge in [-0.05, 0) is 61.1 Å². The number of likely N-dealkylation sites (N-methyl/N-ethyl adjacent to an activating group) is 1. The smallest absolute Gasteiger partial charge is 0.408 e. The second kappa shape index (κ2) is 16.0. The van der Waals surface area contributed by atoms with Crippen molar-refractivity contribution in [2.45, 2.75) is 135 Å². The predicted molar refractivity (Wildman–Crippen MR) is 174 cm³/mol. The first-order valence-electron chi connectivity index (χ1n) is 16.8. The average Bonchev–Trinajstić information content (AvgIpc) is 3.33. The molecule has 47 heavy (non-hydrogen) atoms. The van der Waals surface area contributed by atoms with Crippen molar-refractivity contribution in [1.29, 1.82) is 0 Å². The second-order valence-electron chi connectivity index (χ2n) is 14.3. The highest BCUT2D eigenvalue weighted by molar-refractivity contribution is 5.85. The fraction of sp³-hybridized carbons (Fsp3) is 0.857. The summed E-state index contributed by atoms with van der Waals surface area (Å²) in [5.41, 5.74) is -2.44. The van der Waals surface area contributed by atoms with Gasteiger partial charge >= 0.3 is 12.1 Å². The Morgan fingerprint density at radius 2 is 1.66 bits per heavy atom. The summed E-state index contributed by atoms with van der Waals surface area (Å²) in [5, 5.41) is 2.83. The molecule has 0 spiro atoms. The van der Waals surface area contributed by atoms with Crippen molar-refractivity contribution >= 4 is 17.8 Å². The van der Waals surface area contributed by atoms with Gasteiger partial charge in [0.05, 0.1) is 35.9 Å². The number of amides is 1. The minimum absolute atomic E-state index is 0.00180. The summed E-state index contributed by atoms with van der Waals surface area (Å²) >= 11 is 0. The molecule has 12 heteroatoms. The Labute approximate surface area is 281 Å². The largest absolute Gasteiger partial charge is 0.458 e. The topological polar surface area (TPSA) is 131 Å². The van der Waals surface area contributed by atoms with Crippen LogP contribution in [0.4, 0.5) is 4.79 Å². The molecule has 0 bridgehead atoms. The molecule has 3 heterocycles. The van der Waals surface area contributed by atoms with Gasteiger partial charge in [-0.15, -0.1) is 6.42 Å². The van der Waals surface area contributed by atoms with Crippen LogP contribution in [0.5, 0.6) is 0 Å². The highest BCUT2D eigenvalue weighted by Crippen LogP contribution is 2.41. The van der Waals surface area contributed by atoms with E-state index < -0.39 is 83.7 Å². The van der Waals surface area contributed by atoms with E-state index in [4.69, 9.17) is 39.6 Å². The van der Waals surface area contributed by atoms with Gasteiger partial charge in [0.1, 0.15) is 24.6 Å². The zero-order chi connectivity index (χ0) is 35.4. The summed E-state index contributed by atoms with van der Waals surface area (Å²) in [7, 11) is 7.15. The number of alkyl carbamates (subject to hydrolysis) is 1. The third-order valence-corrected chi connectivity index (χ3v) is 10.6. The molecular formula is C35H58N2O10. The molecule has 3 rings (SSSR count). The first-order valence-corrected chi connectivity index (χ1v) is 16.8. The molecule has 1 amide bonds. The Kier molecular flexibility index (Phi) is 13.3. The molecule has 0 aromatic carbocycles. The van der Waals surface area contributed by atoms with Gasteiger partial charge in [-0.2, -0.15) is 0 Å². The third-order valence-electron chi connectivity index (χ3n) is 10.6. The van der Waals surface area contributed by atoms with Crippen molar-refractivity contribution in [1.82, 2.24) is 10.2 Å². The molecule has 0 saturated carbocycles. The summed E-state index contributed by atoms with van der Waals surface area (Å²) in [6.45, 7) is 14.6. The first kappa shape index (κ1) is 39.2. The zero-order valence-corrected chi connectivity index (χ0v) is 30.4. The molecule has 0 unspecified atom stereocenters. The number of nitrogens with zero attached hydrogens (tertiary/aromatic N) is 1. The first-order chi connectivity index (χ1) is 22.0. The number of fused-ring (bicyclic) bond motifs is 1. The van der Waals surface area contributed by atoms with E-state index in [2.05, 4.69) is 16.1 Å². The fourth-order valence-corrected chi connectivity index (χ4v) is 8.14. The Hall–Kier alpha value is -2.27. The number of rotatable bonds is 8. The van der Waals surface area contributed by atoms with Crippen LogP contribution in [0.3, 0.4) is 0 Å². The van der Waals surface area contributed by atoms with Gasteiger partial charge in [0.25, 0.3) is 0 Å². The van der Waals surface area contributed by atoms with Crippen molar-refractivity contribution in [2.75, 3.05) is 34.9 Å². The molecule has 3 aliphatic heterocycles. The van der Waals surface area contributed by atoms with Gasteiger partial charge in [-0.3, -0.25) is 9.59 Å². The number of ether oxygens (including phenoxy) is 7. The average molecular weight is 667 g/mol. The number of terminal acetylenes is 1. The fourth-order valence-electron chi connectivity index (χ4n) is 8.14. The number of Topliss-reactive ketones (excluding diaryl/α,β-unsaturated/α-hetero) is 1. The molecule has 0 radical (unpaired) electrons. The number of hydrogen-bond acceptors (Lipinski definition) is 11. The zero-order valence-electron chi connectivity index (χ0n) is 30.4. The lowest BCUT2D eigenvalue weighted by Crippen LogP contribution is -2.61. The summed E-state index contributed by atoms with van der Waals surface area (Å²) in [6, 6.07) is -0.747. The predicted octanol–water partition coefficient (Wildman–Crippen LogP) is 3.58. The minimum atomic E-state index is -1.28. The monoisotopic (exact) mass is 666 g/mol. The number of nitrogens with one attached hydrogen (secondary N) is 1. The van der Waals surface area contributed by atoms with Crippen LogP contribution < -0.4 is 5.32 Å². The number of esters is 1. The molecule has 3 aliphatic rings. The maximum Gasteiger partial charge on any atom is 0.408 e. The van der Waals surface area contributed by atoms with Crippen LogP contribution in [0.1, 0.15) is 74.7 Å². The van der Waals surface area contributed by atoms with Crippen LogP contribution in [-0.2, 0) is 42.7 Å². The van der Waals surface area contributed by atoms with E-state index >= 15 is 0 Å². The maximum atomic E-state index is 14.2. The molecule has 0 aromatic heterocycles. The van der Waals surface area contributed by atoms with E-state index in [9.17, 15) is 14.4 Å². The number of carbonyl (C=O) groups is 3. The molecule has 14 atom stereocenters. The van der Waals surface area contributed by atoms with Crippen molar-refractivity contribution in [3.05, 3.63) is 0 Å². The molecule has 12 nitrogen and oxygen atoms in total. The highest BCUT2D eigenvalue weighted by atomic mass is 16.7. The van der Waals surface area contributed by atoms with Crippen LogP contribution >= 0.6 is 0 Å². The van der Waals surface area contributed by atoms with Crippen LogP contribution in [0.25, 0.3) is 0 Å². The quantitative estimate of drug-likeness (QED) is 0.301. The lowest BCUT2D eigenvalue weighted by atomic mass is 9.73. The third kappa shape index (κ3) is 8.14. The SMILES string of the molecule is C#CCO[C@@]1(C)C[C@@H](C)C(=O)[C@H](C)[C@H]2NC(=O)O[C@]2(C)[C@@H](CC)OC(=O)[C@H](C)[C@@H](OC)[C@H](C)[C@H]1O[C@@H]1O[C@H](C)C[C@H](N(C)C)[C@H]1OC. The number of hydrogen-bond donors (Lipinski definition) is 1. The van der Waals surface area contributed by atoms with Gasteiger partial charge in [-0.25, -0.2) is 4.79 Å². The van der Waals surface area contributed by atoms with Crippen molar-refractivity contribution in [2.24, 2.45) is 23.7 Å². The highest BCUT2D eigenvalue weighted by Gasteiger charge is 2.57. The van der Waals surface area contributed by atoms with Gasteiger partial charge in [0.15, 0.2) is 11.9 Å². The van der Waals surface area contributed by atoms with E-state index in [1.54, 1.807) is 27.9 Å². The van der Waals surface area contributed by atoms with Crippen molar-refractivity contribution in [3.8, 4) is 12.3 Å². The van der Waals surface area contributed by atoms with Gasteiger partial charge in [0, 0.05) is 38.0 Å². The van der Waals surface area contributed by atoms with Gasteiger partial charge < -0.3 is 43.4 Å². The van der Waals surface area contributed by atoms with E-state index in [1.807, 2.05) is 48.7 Å². The number of methoxy groups -OCH3 is 2. The Morgan fingerprint density at radius 3 is 2.21 bits per heavy atom. The molecule has 0 aliphatic carbocycles. The van der Waals surface area contributed by atoms with Crippen LogP contribution in [0.15, 0.2) is 0 Å². The summed E-state index contributed by atoms with van der Waals surface area (Å²) in [5.74, 6) is -0.592. The molecule has 1 N–H and O–H groups in total. The Morgan fingerprint density at radius 1 is 1.02 bits per heavy atom. The number of carbonyl (C=O) groups excluding carboxylic acids is 3. The van der Waals surface area contributed by atoms with E-state index in [0.717, 1.165) is 6.42 Å². The number of ketones is 1. The summed E-state index contributed by atoms with van der Waals surface area (Å²) in [6.07, 6.45) is 2.64. The number of cyclic esters (lactones) is 1. The lowest BCUT2D eigenvalue weighted by molar-refractivity contribution is -0.306. The lowest BCUT2D eigenvalue weighted by Gasteiger charge is -2.49. The van der Waals surface area contributed by atoms with Crippen LogP contribution in [0, 0.1) is 36.0 Å². The van der Waals surface area contributed by atoms with Gasteiger partial charge in [-0.1, -0.05) is 33.6 Å². The van der Waals surface area contributed by atoms with Crippen LogP contribution in [0.2, 0.25) is 0 Å². The minimum Gasteiger partial charge on any atom is -0.458 e. The van der Waals surface area contributed by atoms with Crippen LogP contribution in [-0.4, -0.2) is 118 Å². The summed E-state index contributed by atoms with van der Waals surface area (Å²) in [4.78, 5) is 42.8. The van der Waals surface area contributed by atoms with Gasteiger partial charge in [0.2, 0.25) is 0 Å². The molecular weight excluding hydrogens is 608 g/mol. The normalized spacial score (nSPS) is 43.7.